The van der Waals surface area contributed by atoms with Crippen LogP contribution in [0.2, 0.25) is 0 Å². The second-order valence-corrected chi connectivity index (χ2v) is 5.99. The van der Waals surface area contributed by atoms with Crippen LogP contribution in [0.3, 0.4) is 0 Å². The molecule has 3 rings (SSSR count). The van der Waals surface area contributed by atoms with Gasteiger partial charge in [0.25, 0.3) is 0 Å². The quantitative estimate of drug-likeness (QED) is 0.634. The lowest BCUT2D eigenvalue weighted by Gasteiger charge is -2.31. The van der Waals surface area contributed by atoms with Gasteiger partial charge in [-0.3, -0.25) is 0 Å². The van der Waals surface area contributed by atoms with E-state index in [2.05, 4.69) is 10.6 Å². The number of carbonyl (C=O) groups excluding carboxylic acids is 1. The smallest absolute Gasteiger partial charge is 0.338 e. The van der Waals surface area contributed by atoms with Crippen LogP contribution in [0.5, 0.6) is 0 Å². The maximum Gasteiger partial charge on any atom is 0.338 e. The van der Waals surface area contributed by atoms with Gasteiger partial charge in [0.2, 0.25) is 0 Å². The molecule has 1 heterocycles. The number of hydrogen-bond acceptors (Lipinski definition) is 3. The molecule has 0 saturated heterocycles. The molecule has 0 fully saturated rings. The molecule has 0 bridgehead atoms. The summed E-state index contributed by atoms with van der Waals surface area (Å²) >= 11 is 5.25. The Bertz CT molecular complexity index is 884. The third-order valence-electron chi connectivity index (χ3n) is 3.91. The summed E-state index contributed by atoms with van der Waals surface area (Å²) < 4.78 is 32.3. The van der Waals surface area contributed by atoms with Gasteiger partial charge in [0.05, 0.1) is 23.9 Å². The molecular formula is C19H16F2N2O2S. The molecule has 26 heavy (non-hydrogen) atoms. The highest BCUT2D eigenvalue weighted by Gasteiger charge is 2.33. The minimum absolute atomic E-state index is 0.180. The highest BCUT2D eigenvalue weighted by molar-refractivity contribution is 7.80. The predicted octanol–water partition coefficient (Wildman–Crippen LogP) is 3.46. The second kappa shape index (κ2) is 7.61. The summed E-state index contributed by atoms with van der Waals surface area (Å²) in [6.07, 6.45) is 0. The minimum atomic E-state index is -1.00. The highest BCUT2D eigenvalue weighted by Crippen LogP contribution is 2.32. The molecule has 0 aromatic heterocycles. The normalized spacial score (nSPS) is 16.7. The van der Waals surface area contributed by atoms with Crippen LogP contribution in [0.1, 0.15) is 24.1 Å². The van der Waals surface area contributed by atoms with Gasteiger partial charge in [-0.15, -0.1) is 0 Å². The monoisotopic (exact) mass is 374 g/mol. The molecule has 0 spiro atoms. The fourth-order valence-corrected chi connectivity index (χ4v) is 2.99. The molecule has 0 aliphatic carbocycles. The zero-order chi connectivity index (χ0) is 18.7. The first-order chi connectivity index (χ1) is 12.5. The van der Waals surface area contributed by atoms with Crippen molar-refractivity contribution in [3.63, 3.8) is 0 Å². The summed E-state index contributed by atoms with van der Waals surface area (Å²) in [6, 6.07) is 11.8. The first-order valence-corrected chi connectivity index (χ1v) is 8.41. The molecule has 7 heteroatoms. The summed E-state index contributed by atoms with van der Waals surface area (Å²) in [5, 5.41) is 6.19. The van der Waals surface area contributed by atoms with Gasteiger partial charge in [0.1, 0.15) is 0 Å². The third-order valence-corrected chi connectivity index (χ3v) is 4.13. The van der Waals surface area contributed by atoms with E-state index in [0.717, 1.165) is 17.7 Å². The SMILES string of the molecule is CCOC(=O)C1=C(c2ccccc2)NC(=S)N[C@H]1c1ccc(F)c(F)c1. The van der Waals surface area contributed by atoms with E-state index in [1.165, 1.54) is 6.07 Å². The highest BCUT2D eigenvalue weighted by atomic mass is 32.1. The molecule has 134 valence electrons. The summed E-state index contributed by atoms with van der Waals surface area (Å²) in [7, 11) is 0. The van der Waals surface area contributed by atoms with Crippen LogP contribution in [-0.2, 0) is 9.53 Å². The van der Waals surface area contributed by atoms with Gasteiger partial charge in [0.15, 0.2) is 16.7 Å². The zero-order valence-electron chi connectivity index (χ0n) is 13.9. The van der Waals surface area contributed by atoms with E-state index in [0.29, 0.717) is 11.3 Å². The van der Waals surface area contributed by atoms with Crippen LogP contribution in [0.15, 0.2) is 54.1 Å². The van der Waals surface area contributed by atoms with Crippen LogP contribution in [0.25, 0.3) is 5.70 Å². The Labute approximate surface area is 154 Å². The van der Waals surface area contributed by atoms with Crippen molar-refractivity contribution in [3.8, 4) is 0 Å². The minimum Gasteiger partial charge on any atom is -0.463 e. The average molecular weight is 374 g/mol. The molecule has 2 aromatic carbocycles. The van der Waals surface area contributed by atoms with Gasteiger partial charge in [-0.05, 0) is 42.4 Å². The predicted molar refractivity (Wildman–Crippen MR) is 98.0 cm³/mol. The van der Waals surface area contributed by atoms with Crippen LogP contribution >= 0.6 is 12.2 Å². The number of ether oxygens (including phenoxy) is 1. The van der Waals surface area contributed by atoms with Crippen molar-refractivity contribution in [3.05, 3.63) is 76.9 Å². The maximum atomic E-state index is 13.7. The van der Waals surface area contributed by atoms with Crippen LogP contribution < -0.4 is 10.6 Å². The molecule has 4 nitrogen and oxygen atoms in total. The van der Waals surface area contributed by atoms with Gasteiger partial charge in [-0.25, -0.2) is 13.6 Å². The van der Waals surface area contributed by atoms with Gasteiger partial charge in [-0.1, -0.05) is 36.4 Å². The van der Waals surface area contributed by atoms with Crippen molar-refractivity contribution < 1.29 is 18.3 Å². The number of rotatable bonds is 4. The summed E-state index contributed by atoms with van der Waals surface area (Å²) in [6.45, 7) is 1.88. The largest absolute Gasteiger partial charge is 0.463 e. The van der Waals surface area contributed by atoms with Crippen LogP contribution in [0.4, 0.5) is 8.78 Å². The van der Waals surface area contributed by atoms with E-state index in [1.54, 1.807) is 6.92 Å². The lowest BCUT2D eigenvalue weighted by atomic mass is 9.92. The lowest BCUT2D eigenvalue weighted by molar-refractivity contribution is -0.138. The van der Waals surface area contributed by atoms with E-state index >= 15 is 0 Å². The number of carbonyl (C=O) groups is 1. The number of esters is 1. The maximum absolute atomic E-state index is 13.7. The Balaban J connectivity index is 2.18. The van der Waals surface area contributed by atoms with E-state index in [-0.39, 0.29) is 17.3 Å². The fraction of sp³-hybridized carbons (Fsp3) is 0.158. The summed E-state index contributed by atoms with van der Waals surface area (Å²) in [5.41, 5.74) is 1.82. The Hall–Kier alpha value is -2.80. The van der Waals surface area contributed by atoms with Crippen LogP contribution in [-0.4, -0.2) is 17.7 Å². The standard InChI is InChI=1S/C19H16F2N2O2S/c1-2-25-18(24)15-16(11-6-4-3-5-7-11)22-19(26)23-17(15)12-8-9-13(20)14(21)10-12/h3-10,17H,2H2,1H3,(H2,22,23,26)/t17-/m0/s1. The summed E-state index contributed by atoms with van der Waals surface area (Å²) in [4.78, 5) is 12.7. The molecular weight excluding hydrogens is 358 g/mol. The molecule has 0 saturated carbocycles. The number of hydrogen-bond donors (Lipinski definition) is 2. The molecule has 0 radical (unpaired) electrons. The number of nitrogens with one attached hydrogen (secondary N) is 2. The zero-order valence-corrected chi connectivity index (χ0v) is 14.7. The van der Waals surface area contributed by atoms with Crippen LogP contribution in [0, 0.1) is 11.6 Å². The van der Waals surface area contributed by atoms with Crippen molar-refractivity contribution in [2.45, 2.75) is 13.0 Å². The molecule has 2 N–H and O–H groups in total. The number of thiocarbonyl (C=S) groups is 1. The first-order valence-electron chi connectivity index (χ1n) is 8.00. The number of benzene rings is 2. The Morgan fingerprint density at radius 3 is 2.54 bits per heavy atom. The van der Waals surface area contributed by atoms with Gasteiger partial charge in [0, 0.05) is 0 Å². The Kier molecular flexibility index (Phi) is 5.27. The molecule has 1 aliphatic heterocycles. The average Bonchev–Trinajstić information content (AvgIpc) is 2.64. The van der Waals surface area contributed by atoms with Gasteiger partial charge < -0.3 is 15.4 Å². The molecule has 2 aromatic rings. The van der Waals surface area contributed by atoms with E-state index in [4.69, 9.17) is 17.0 Å². The molecule has 1 aliphatic rings. The third kappa shape index (κ3) is 3.57. The molecule has 1 atom stereocenters. The van der Waals surface area contributed by atoms with Gasteiger partial charge >= 0.3 is 5.97 Å². The Morgan fingerprint density at radius 2 is 1.88 bits per heavy atom. The van der Waals surface area contributed by atoms with Crippen molar-refractivity contribution in [2.75, 3.05) is 6.61 Å². The van der Waals surface area contributed by atoms with Crippen molar-refractivity contribution >= 4 is 29.0 Å². The number of halogens is 2. The van der Waals surface area contributed by atoms with Crippen molar-refractivity contribution in [2.24, 2.45) is 0 Å². The lowest BCUT2D eigenvalue weighted by Crippen LogP contribution is -2.45. The van der Waals surface area contributed by atoms with E-state index < -0.39 is 23.6 Å². The summed E-state index contributed by atoms with van der Waals surface area (Å²) in [5.74, 6) is -2.53. The first kappa shape index (κ1) is 18.0. The van der Waals surface area contributed by atoms with E-state index in [1.807, 2.05) is 30.3 Å². The molecule has 0 amide bonds. The van der Waals surface area contributed by atoms with E-state index in [9.17, 15) is 13.6 Å². The molecule has 0 unspecified atom stereocenters. The van der Waals surface area contributed by atoms with Gasteiger partial charge in [-0.2, -0.15) is 0 Å². The fourth-order valence-electron chi connectivity index (χ4n) is 2.77. The van der Waals surface area contributed by atoms with Crippen molar-refractivity contribution in [1.29, 1.82) is 0 Å². The Morgan fingerprint density at radius 1 is 1.15 bits per heavy atom. The topological polar surface area (TPSA) is 50.4 Å². The second-order valence-electron chi connectivity index (χ2n) is 5.58. The van der Waals surface area contributed by atoms with Crippen molar-refractivity contribution in [1.82, 2.24) is 10.6 Å².